The summed E-state index contributed by atoms with van der Waals surface area (Å²) < 4.78 is 44.5. The number of ether oxygens (including phenoxy) is 2. The molecule has 236 valence electrons. The van der Waals surface area contributed by atoms with Gasteiger partial charge in [0.25, 0.3) is 0 Å². The summed E-state index contributed by atoms with van der Waals surface area (Å²) in [4.78, 5) is 31.9. The Labute approximate surface area is 252 Å². The van der Waals surface area contributed by atoms with Gasteiger partial charge < -0.3 is 39.0 Å². The molecule has 4 heterocycles. The molecule has 0 radical (unpaired) electrons. The second-order valence-electron chi connectivity index (χ2n) is 10.9. The normalized spacial score (nSPS) is 23.5. The molecule has 15 heteroatoms. The number of hydrogen-bond acceptors (Lipinski definition) is 12. The molecule has 14 nitrogen and oxygen atoms in total. The molecule has 4 aliphatic heterocycles. The number of fused-ring (bicyclic) bond motifs is 6. The second-order valence-corrected chi connectivity index (χ2v) is 11.7. The van der Waals surface area contributed by atoms with Gasteiger partial charge in [0.1, 0.15) is 11.5 Å². The third-order valence-corrected chi connectivity index (χ3v) is 8.39. The summed E-state index contributed by atoms with van der Waals surface area (Å²) in [6, 6.07) is 11.8. The molecule has 43 heavy (non-hydrogen) atoms. The van der Waals surface area contributed by atoms with E-state index in [1.807, 2.05) is 36.4 Å². The number of rotatable bonds is 2. The highest BCUT2D eigenvalue weighted by Gasteiger charge is 2.44. The molecule has 4 atom stereocenters. The molecule has 0 aliphatic carbocycles. The lowest BCUT2D eigenvalue weighted by molar-refractivity contribution is 0.202. The maximum absolute atomic E-state index is 11.3. The van der Waals surface area contributed by atoms with Crippen LogP contribution in [0.5, 0.6) is 11.5 Å². The van der Waals surface area contributed by atoms with Crippen LogP contribution >= 0.6 is 0 Å². The number of amides is 2. The Kier molecular flexibility index (Phi) is 9.71. The fraction of sp³-hybridized carbons (Fsp3) is 0.500. The molecule has 6 rings (SSSR count). The Morgan fingerprint density at radius 1 is 0.744 bits per heavy atom. The minimum Gasteiger partial charge on any atom is -0.759 e. The van der Waals surface area contributed by atoms with Crippen molar-refractivity contribution in [3.8, 4) is 11.5 Å². The van der Waals surface area contributed by atoms with E-state index in [-0.39, 0.29) is 0 Å². The van der Waals surface area contributed by atoms with E-state index in [4.69, 9.17) is 27.0 Å². The Hall–Kier alpha value is -3.63. The Morgan fingerprint density at radius 3 is 1.42 bits per heavy atom. The van der Waals surface area contributed by atoms with Crippen molar-refractivity contribution < 1.29 is 36.6 Å². The van der Waals surface area contributed by atoms with Gasteiger partial charge in [-0.1, -0.05) is 0 Å². The molecule has 0 bridgehead atoms. The highest BCUT2D eigenvalue weighted by molar-refractivity contribution is 7.79. The summed E-state index contributed by atoms with van der Waals surface area (Å²) in [6.07, 6.45) is 2.33. The summed E-state index contributed by atoms with van der Waals surface area (Å²) in [7, 11) is 6.54. The smallest absolute Gasteiger partial charge is 0.412 e. The van der Waals surface area contributed by atoms with Crippen LogP contribution in [0.1, 0.15) is 35.8 Å². The van der Waals surface area contributed by atoms with Gasteiger partial charge in [-0.3, -0.25) is 18.2 Å². The van der Waals surface area contributed by atoms with E-state index < -0.39 is 22.6 Å². The van der Waals surface area contributed by atoms with E-state index in [1.165, 1.54) is 22.5 Å². The number of nitrogens with zero attached hydrogens (tertiary/aromatic N) is 4. The van der Waals surface area contributed by atoms with E-state index in [0.717, 1.165) is 25.9 Å². The van der Waals surface area contributed by atoms with Gasteiger partial charge in [-0.15, -0.1) is 0 Å². The number of likely N-dealkylation sites (tertiary alicyclic amines) is 2. The molecule has 2 aromatic rings. The van der Waals surface area contributed by atoms with Crippen LogP contribution in [-0.2, 0) is 10.4 Å². The van der Waals surface area contributed by atoms with Gasteiger partial charge >= 0.3 is 12.2 Å². The van der Waals surface area contributed by atoms with Gasteiger partial charge in [-0.2, -0.15) is 0 Å². The number of carbonyl (C=O) groups is 2. The SMILES string of the molecule is CNC(=O)Oc1ccc2c(c1)C1CCN(C)C1N2C.CNC(=O)Oc1ccc2c(c1)C1CCN(C)C1N2C.O=S(=O)([O-])[O-]. The maximum Gasteiger partial charge on any atom is 0.412 e. The van der Waals surface area contributed by atoms with Crippen LogP contribution in [0.2, 0.25) is 0 Å². The first kappa shape index (κ1) is 32.3. The predicted molar refractivity (Wildman–Crippen MR) is 158 cm³/mol. The first-order chi connectivity index (χ1) is 20.2. The fourth-order valence-electron chi connectivity index (χ4n) is 6.66. The molecular formula is C28H38N6O8S-2. The number of anilines is 2. The quantitative estimate of drug-likeness (QED) is 0.371. The first-order valence-corrected chi connectivity index (χ1v) is 15.2. The van der Waals surface area contributed by atoms with Gasteiger partial charge in [0, 0.05) is 74.9 Å². The molecule has 4 unspecified atom stereocenters. The fourth-order valence-corrected chi connectivity index (χ4v) is 6.66. The number of likely N-dealkylation sites (N-methyl/N-ethyl adjacent to an activating group) is 4. The summed E-state index contributed by atoms with van der Waals surface area (Å²) in [6.45, 7) is 2.22. The first-order valence-electron chi connectivity index (χ1n) is 13.8. The summed E-state index contributed by atoms with van der Waals surface area (Å²) >= 11 is 0. The van der Waals surface area contributed by atoms with Crippen LogP contribution in [0.4, 0.5) is 21.0 Å². The van der Waals surface area contributed by atoms with E-state index >= 15 is 0 Å². The molecule has 0 spiro atoms. The second kappa shape index (κ2) is 12.9. The number of benzene rings is 2. The summed E-state index contributed by atoms with van der Waals surface area (Å²) in [5, 5.41) is 4.93. The molecule has 2 amide bonds. The van der Waals surface area contributed by atoms with Gasteiger partial charge in [-0.25, -0.2) is 9.59 Å². The molecule has 2 fully saturated rings. The number of nitrogens with one attached hydrogen (secondary N) is 2. The minimum atomic E-state index is -5.17. The molecule has 2 aromatic carbocycles. The van der Waals surface area contributed by atoms with E-state index in [1.54, 1.807) is 14.1 Å². The Morgan fingerprint density at radius 2 is 1.09 bits per heavy atom. The van der Waals surface area contributed by atoms with Crippen molar-refractivity contribution >= 4 is 34.0 Å². The van der Waals surface area contributed by atoms with Crippen molar-refractivity contribution in [2.24, 2.45) is 0 Å². The van der Waals surface area contributed by atoms with Crippen molar-refractivity contribution in [1.29, 1.82) is 0 Å². The lowest BCUT2D eigenvalue weighted by Crippen LogP contribution is -2.39. The van der Waals surface area contributed by atoms with Crippen molar-refractivity contribution in [2.75, 3.05) is 65.2 Å². The van der Waals surface area contributed by atoms with Crippen molar-refractivity contribution in [1.82, 2.24) is 20.4 Å². The third-order valence-electron chi connectivity index (χ3n) is 8.39. The number of hydrogen-bond donors (Lipinski definition) is 2. The van der Waals surface area contributed by atoms with Crippen molar-refractivity contribution in [3.05, 3.63) is 47.5 Å². The topological polar surface area (TPSA) is 170 Å². The van der Waals surface area contributed by atoms with Gasteiger partial charge in [0.05, 0.1) is 12.3 Å². The van der Waals surface area contributed by atoms with Crippen LogP contribution in [0.15, 0.2) is 36.4 Å². The average molecular weight is 619 g/mol. The summed E-state index contributed by atoms with van der Waals surface area (Å²) in [5.41, 5.74) is 5.06. The molecular weight excluding hydrogens is 580 g/mol. The van der Waals surface area contributed by atoms with Gasteiger partial charge in [0.15, 0.2) is 0 Å². The molecule has 2 saturated heterocycles. The van der Waals surface area contributed by atoms with E-state index in [2.05, 4.69) is 58.4 Å². The monoisotopic (exact) mass is 618 g/mol. The van der Waals surface area contributed by atoms with Gasteiger partial charge in [0.2, 0.25) is 0 Å². The van der Waals surface area contributed by atoms with Crippen LogP contribution in [0, 0.1) is 0 Å². The van der Waals surface area contributed by atoms with Crippen LogP contribution in [0.3, 0.4) is 0 Å². The van der Waals surface area contributed by atoms with Gasteiger partial charge in [-0.05, 0) is 74.5 Å². The van der Waals surface area contributed by atoms with E-state index in [9.17, 15) is 9.59 Å². The lowest BCUT2D eigenvalue weighted by Gasteiger charge is -2.28. The predicted octanol–water partition coefficient (Wildman–Crippen LogP) is 1.86. The standard InChI is InChI=1S/2C14H19N3O2.H2O4S/c2*1-15-14(18)19-9-4-5-12-11(8-9)10-6-7-16(2)13(10)17(12)3;1-5(2,3)4/h2*4-5,8,10,13H,6-7H2,1-3H3,(H,15,18);(H2,1,2,3,4)/p-2. The molecule has 4 aliphatic rings. The molecule has 0 aromatic heterocycles. The van der Waals surface area contributed by atoms with Crippen molar-refractivity contribution in [3.63, 3.8) is 0 Å². The number of carbonyl (C=O) groups excluding carboxylic acids is 2. The Balaban J connectivity index is 0.000000171. The zero-order chi connectivity index (χ0) is 31.6. The van der Waals surface area contributed by atoms with E-state index in [0.29, 0.717) is 35.7 Å². The zero-order valence-corrected chi connectivity index (χ0v) is 25.9. The molecule has 2 N–H and O–H groups in total. The van der Waals surface area contributed by atoms with Crippen LogP contribution in [0.25, 0.3) is 0 Å². The third kappa shape index (κ3) is 7.13. The van der Waals surface area contributed by atoms with Crippen LogP contribution in [-0.4, -0.2) is 107 Å². The highest BCUT2D eigenvalue weighted by atomic mass is 32.3. The van der Waals surface area contributed by atoms with Crippen LogP contribution < -0.4 is 29.9 Å². The summed E-state index contributed by atoms with van der Waals surface area (Å²) in [5.74, 6) is 2.25. The minimum absolute atomic E-state index is 0.425. The zero-order valence-electron chi connectivity index (χ0n) is 25.1. The van der Waals surface area contributed by atoms with Crippen molar-refractivity contribution in [2.45, 2.75) is 37.0 Å². The average Bonchev–Trinajstić information content (AvgIpc) is 3.67. The lowest BCUT2D eigenvalue weighted by atomic mass is 9.98. The molecule has 0 saturated carbocycles. The maximum atomic E-state index is 11.3. The largest absolute Gasteiger partial charge is 0.759 e. The Bertz CT molecular complexity index is 1360. The highest BCUT2D eigenvalue weighted by Crippen LogP contribution is 2.48.